The van der Waals surface area contributed by atoms with Gasteiger partial charge >= 0.3 is 0 Å². The molecule has 0 unspecified atom stereocenters. The van der Waals surface area contributed by atoms with Crippen molar-refractivity contribution in [3.63, 3.8) is 0 Å². The second-order valence-corrected chi connectivity index (χ2v) is 7.82. The Kier molecular flexibility index (Phi) is 7.12. The van der Waals surface area contributed by atoms with E-state index in [9.17, 15) is 20.2 Å². The number of nitro groups is 2. The third-order valence-corrected chi connectivity index (χ3v) is 5.31. The van der Waals surface area contributed by atoms with Gasteiger partial charge in [-0.3, -0.25) is 20.2 Å². The molecule has 0 saturated heterocycles. The highest BCUT2D eigenvalue weighted by atomic mass is 35.5. The average molecular weight is 507 g/mol. The SMILES string of the molecule is COc1ncccc1Nc1cc(Nc2ccccc2Nc2ccc(Cl)cc2)c([N+](=O)[O-])cc1[N+](=O)[O-]. The van der Waals surface area contributed by atoms with Crippen LogP contribution in [0.2, 0.25) is 5.02 Å². The maximum atomic E-state index is 11.8. The fourth-order valence-corrected chi connectivity index (χ4v) is 3.53. The molecule has 0 aliphatic rings. The molecule has 36 heavy (non-hydrogen) atoms. The van der Waals surface area contributed by atoms with Crippen LogP contribution >= 0.6 is 11.6 Å². The van der Waals surface area contributed by atoms with Gasteiger partial charge in [-0.15, -0.1) is 0 Å². The molecule has 0 aliphatic carbocycles. The van der Waals surface area contributed by atoms with Crippen LogP contribution in [-0.2, 0) is 0 Å². The van der Waals surface area contributed by atoms with Gasteiger partial charge in [-0.05, 0) is 54.6 Å². The molecule has 12 heteroatoms. The number of halogens is 1. The number of ether oxygens (including phenoxy) is 1. The molecule has 1 aromatic heterocycles. The van der Waals surface area contributed by atoms with E-state index in [1.807, 2.05) is 0 Å². The summed E-state index contributed by atoms with van der Waals surface area (Å²) in [7, 11) is 1.41. The van der Waals surface area contributed by atoms with E-state index in [0.29, 0.717) is 22.1 Å². The molecule has 0 bridgehead atoms. The molecule has 1 heterocycles. The first-order chi connectivity index (χ1) is 17.4. The summed E-state index contributed by atoms with van der Waals surface area (Å²) in [6.07, 6.45) is 1.51. The van der Waals surface area contributed by atoms with Crippen LogP contribution in [0.3, 0.4) is 0 Å². The first-order valence-corrected chi connectivity index (χ1v) is 10.8. The maximum Gasteiger partial charge on any atom is 0.299 e. The summed E-state index contributed by atoms with van der Waals surface area (Å²) in [5, 5.41) is 33.3. The lowest BCUT2D eigenvalue weighted by Gasteiger charge is -2.16. The van der Waals surface area contributed by atoms with Gasteiger partial charge in [0.05, 0.1) is 34.4 Å². The fourth-order valence-electron chi connectivity index (χ4n) is 3.41. The third-order valence-electron chi connectivity index (χ3n) is 5.06. The second-order valence-electron chi connectivity index (χ2n) is 7.39. The van der Waals surface area contributed by atoms with Crippen LogP contribution < -0.4 is 20.7 Å². The average Bonchev–Trinajstić information content (AvgIpc) is 2.86. The van der Waals surface area contributed by atoms with Crippen molar-refractivity contribution >= 4 is 57.1 Å². The van der Waals surface area contributed by atoms with Crippen LogP contribution in [0.5, 0.6) is 5.88 Å². The Labute approximate surface area is 210 Å². The van der Waals surface area contributed by atoms with Gasteiger partial charge in [0.1, 0.15) is 17.1 Å². The molecular formula is C24H19ClN6O5. The Bertz CT molecular complexity index is 1430. The van der Waals surface area contributed by atoms with Crippen LogP contribution in [-0.4, -0.2) is 21.9 Å². The number of para-hydroxylation sites is 2. The lowest BCUT2D eigenvalue weighted by atomic mass is 10.1. The molecule has 0 spiro atoms. The van der Waals surface area contributed by atoms with Crippen LogP contribution in [0, 0.1) is 20.2 Å². The molecule has 11 nitrogen and oxygen atoms in total. The van der Waals surface area contributed by atoms with E-state index in [-0.39, 0.29) is 17.3 Å². The summed E-state index contributed by atoms with van der Waals surface area (Å²) in [5.41, 5.74) is 1.34. The van der Waals surface area contributed by atoms with E-state index >= 15 is 0 Å². The predicted molar refractivity (Wildman–Crippen MR) is 138 cm³/mol. The molecule has 0 aliphatic heterocycles. The summed E-state index contributed by atoms with van der Waals surface area (Å²) in [5.74, 6) is 0.206. The Morgan fingerprint density at radius 1 is 0.750 bits per heavy atom. The molecular weight excluding hydrogens is 488 g/mol. The van der Waals surface area contributed by atoms with Gasteiger partial charge in [0, 0.05) is 16.9 Å². The standard InChI is InChI=1S/C24H19ClN6O5/c1-36-24-19(7-4-12-26-24)29-21-13-20(22(30(32)33)14-23(21)31(34)35)28-18-6-3-2-5-17(18)27-16-10-8-15(25)9-11-16/h2-14,27-29H,1H3. The number of pyridine rings is 1. The lowest BCUT2D eigenvalue weighted by molar-refractivity contribution is -0.393. The Hall–Kier alpha value is -4.90. The van der Waals surface area contributed by atoms with Crippen molar-refractivity contribution in [1.82, 2.24) is 4.98 Å². The van der Waals surface area contributed by atoms with Crippen molar-refractivity contribution in [3.8, 4) is 5.88 Å². The molecule has 3 aromatic carbocycles. The number of hydrogen-bond donors (Lipinski definition) is 3. The first-order valence-electron chi connectivity index (χ1n) is 10.5. The highest BCUT2D eigenvalue weighted by molar-refractivity contribution is 6.30. The minimum absolute atomic E-state index is 0.0162. The molecule has 0 saturated carbocycles. The van der Waals surface area contributed by atoms with Gasteiger partial charge < -0.3 is 20.7 Å². The third kappa shape index (κ3) is 5.42. The normalized spacial score (nSPS) is 10.4. The second kappa shape index (κ2) is 10.6. The maximum absolute atomic E-state index is 11.8. The van der Waals surface area contributed by atoms with E-state index in [4.69, 9.17) is 16.3 Å². The van der Waals surface area contributed by atoms with Crippen LogP contribution in [0.25, 0.3) is 0 Å². The summed E-state index contributed by atoms with van der Waals surface area (Å²) >= 11 is 5.96. The smallest absolute Gasteiger partial charge is 0.299 e. The summed E-state index contributed by atoms with van der Waals surface area (Å²) < 4.78 is 5.20. The molecule has 0 fully saturated rings. The number of anilines is 6. The zero-order valence-electron chi connectivity index (χ0n) is 18.8. The van der Waals surface area contributed by atoms with Crippen molar-refractivity contribution in [2.45, 2.75) is 0 Å². The Balaban J connectivity index is 1.76. The van der Waals surface area contributed by atoms with Crippen molar-refractivity contribution in [3.05, 3.63) is 104 Å². The molecule has 0 atom stereocenters. The van der Waals surface area contributed by atoms with Gasteiger partial charge in [0.25, 0.3) is 11.4 Å². The summed E-state index contributed by atoms with van der Waals surface area (Å²) in [4.78, 5) is 26.3. The van der Waals surface area contributed by atoms with E-state index in [1.54, 1.807) is 60.7 Å². The molecule has 0 radical (unpaired) electrons. The minimum Gasteiger partial charge on any atom is -0.480 e. The number of benzene rings is 3. The number of hydrogen-bond acceptors (Lipinski definition) is 9. The van der Waals surface area contributed by atoms with Crippen LogP contribution in [0.1, 0.15) is 0 Å². The Morgan fingerprint density at radius 3 is 1.89 bits per heavy atom. The number of rotatable bonds is 9. The zero-order chi connectivity index (χ0) is 25.7. The lowest BCUT2D eigenvalue weighted by Crippen LogP contribution is -2.04. The van der Waals surface area contributed by atoms with Crippen molar-refractivity contribution < 1.29 is 14.6 Å². The summed E-state index contributed by atoms with van der Waals surface area (Å²) in [6, 6.07) is 19.6. The van der Waals surface area contributed by atoms with Crippen LogP contribution in [0.4, 0.5) is 45.5 Å². The van der Waals surface area contributed by atoms with E-state index in [0.717, 1.165) is 11.8 Å². The van der Waals surface area contributed by atoms with Gasteiger partial charge in [-0.1, -0.05) is 23.7 Å². The monoisotopic (exact) mass is 506 g/mol. The van der Waals surface area contributed by atoms with Crippen molar-refractivity contribution in [1.29, 1.82) is 0 Å². The van der Waals surface area contributed by atoms with E-state index in [1.165, 1.54) is 19.4 Å². The zero-order valence-corrected chi connectivity index (χ0v) is 19.5. The molecule has 182 valence electrons. The highest BCUT2D eigenvalue weighted by Gasteiger charge is 2.26. The number of nitrogens with zero attached hydrogens (tertiary/aromatic N) is 3. The van der Waals surface area contributed by atoms with Gasteiger partial charge in [-0.25, -0.2) is 4.98 Å². The Morgan fingerprint density at radius 2 is 1.31 bits per heavy atom. The fraction of sp³-hybridized carbons (Fsp3) is 0.0417. The number of nitrogens with one attached hydrogen (secondary N) is 3. The quantitative estimate of drug-likeness (QED) is 0.165. The molecule has 3 N–H and O–H groups in total. The number of methoxy groups -OCH3 is 1. The summed E-state index contributed by atoms with van der Waals surface area (Å²) in [6.45, 7) is 0. The highest BCUT2D eigenvalue weighted by Crippen LogP contribution is 2.41. The van der Waals surface area contributed by atoms with Gasteiger partial charge in [0.15, 0.2) is 0 Å². The largest absolute Gasteiger partial charge is 0.480 e. The first kappa shape index (κ1) is 24.2. The number of nitro benzene ring substituents is 2. The van der Waals surface area contributed by atoms with E-state index in [2.05, 4.69) is 20.9 Å². The predicted octanol–water partition coefficient (Wildman–Crippen LogP) is 6.79. The molecule has 0 amide bonds. The number of aromatic nitrogens is 1. The van der Waals surface area contributed by atoms with Gasteiger partial charge in [0.2, 0.25) is 5.88 Å². The molecule has 4 aromatic rings. The topological polar surface area (TPSA) is 144 Å². The molecule has 4 rings (SSSR count). The van der Waals surface area contributed by atoms with E-state index < -0.39 is 21.2 Å². The minimum atomic E-state index is -0.696. The van der Waals surface area contributed by atoms with Crippen molar-refractivity contribution in [2.24, 2.45) is 0 Å². The van der Waals surface area contributed by atoms with Crippen molar-refractivity contribution in [2.75, 3.05) is 23.1 Å². The van der Waals surface area contributed by atoms with Crippen LogP contribution in [0.15, 0.2) is 79.0 Å². The van der Waals surface area contributed by atoms with Gasteiger partial charge in [-0.2, -0.15) is 0 Å².